The lowest BCUT2D eigenvalue weighted by Gasteiger charge is -2.21. The van der Waals surface area contributed by atoms with Crippen LogP contribution in [0.1, 0.15) is 12.5 Å². The van der Waals surface area contributed by atoms with E-state index in [2.05, 4.69) is 5.32 Å². The Hall–Kier alpha value is -2.54. The van der Waals surface area contributed by atoms with Gasteiger partial charge in [-0.2, -0.15) is 13.2 Å². The Kier molecular flexibility index (Phi) is 5.69. The first-order valence-electron chi connectivity index (χ1n) is 7.18. The Balaban J connectivity index is 2.21. The number of amides is 2. The lowest BCUT2D eigenvalue weighted by molar-refractivity contribution is -0.137. The third kappa shape index (κ3) is 4.96. The number of hydrogen-bond acceptors (Lipinski definition) is 2. The summed E-state index contributed by atoms with van der Waals surface area (Å²) in [7, 11) is 0. The van der Waals surface area contributed by atoms with Gasteiger partial charge >= 0.3 is 6.18 Å². The van der Waals surface area contributed by atoms with Gasteiger partial charge in [-0.15, -0.1) is 0 Å². The zero-order chi connectivity index (χ0) is 18.6. The summed E-state index contributed by atoms with van der Waals surface area (Å²) < 4.78 is 39.2. The third-order valence-electron chi connectivity index (χ3n) is 3.31. The predicted octanol–water partition coefficient (Wildman–Crippen LogP) is 4.35. The van der Waals surface area contributed by atoms with E-state index < -0.39 is 35.8 Å². The molecule has 2 aromatic carbocycles. The van der Waals surface area contributed by atoms with Crippen LogP contribution < -0.4 is 10.2 Å². The zero-order valence-corrected chi connectivity index (χ0v) is 13.9. The molecule has 0 heterocycles. The molecule has 25 heavy (non-hydrogen) atoms. The fraction of sp³-hybridized carbons (Fsp3) is 0.176. The molecule has 0 unspecified atom stereocenters. The summed E-state index contributed by atoms with van der Waals surface area (Å²) in [5, 5.41) is 2.09. The topological polar surface area (TPSA) is 49.4 Å². The highest BCUT2D eigenvalue weighted by Gasteiger charge is 2.34. The van der Waals surface area contributed by atoms with Gasteiger partial charge in [-0.05, 0) is 30.3 Å². The molecular weight excluding hydrogens is 357 g/mol. The maximum atomic E-state index is 13.1. The number of hydrogen-bond donors (Lipinski definition) is 1. The number of carbonyl (C=O) groups excluding carboxylic acids is 2. The molecule has 1 N–H and O–H groups in total. The summed E-state index contributed by atoms with van der Waals surface area (Å²) >= 11 is 5.60. The van der Waals surface area contributed by atoms with Crippen LogP contribution in [0.3, 0.4) is 0 Å². The van der Waals surface area contributed by atoms with E-state index in [-0.39, 0.29) is 5.02 Å². The molecule has 2 rings (SSSR count). The molecule has 0 aliphatic heterocycles. The van der Waals surface area contributed by atoms with Crippen LogP contribution in [-0.4, -0.2) is 18.4 Å². The van der Waals surface area contributed by atoms with Crippen molar-refractivity contribution in [2.45, 2.75) is 13.1 Å². The molecule has 0 saturated carbocycles. The van der Waals surface area contributed by atoms with Gasteiger partial charge < -0.3 is 10.2 Å². The van der Waals surface area contributed by atoms with Crippen LogP contribution in [0.2, 0.25) is 5.02 Å². The molecule has 0 aliphatic carbocycles. The molecule has 0 radical (unpaired) electrons. The molecule has 0 saturated heterocycles. The molecule has 0 spiro atoms. The third-order valence-corrected chi connectivity index (χ3v) is 3.55. The van der Waals surface area contributed by atoms with Crippen molar-refractivity contribution >= 4 is 34.8 Å². The Bertz CT molecular complexity index is 779. The summed E-state index contributed by atoms with van der Waals surface area (Å²) in [5.41, 5.74) is -1.00. The summed E-state index contributed by atoms with van der Waals surface area (Å²) in [6.45, 7) is 0.850. The van der Waals surface area contributed by atoms with Gasteiger partial charge in [0.1, 0.15) is 6.54 Å². The Morgan fingerprint density at radius 2 is 1.76 bits per heavy atom. The maximum absolute atomic E-state index is 13.1. The predicted molar refractivity (Wildman–Crippen MR) is 89.6 cm³/mol. The van der Waals surface area contributed by atoms with Crippen LogP contribution in [0.4, 0.5) is 24.5 Å². The molecule has 0 aliphatic rings. The number of nitrogens with zero attached hydrogens (tertiary/aromatic N) is 1. The van der Waals surface area contributed by atoms with E-state index >= 15 is 0 Å². The van der Waals surface area contributed by atoms with Crippen molar-refractivity contribution in [1.82, 2.24) is 0 Å². The lowest BCUT2D eigenvalue weighted by Crippen LogP contribution is -2.36. The standard InChI is InChI=1S/C17H14ClF3N2O2/c1-11(24)23(13-5-3-2-4-6-13)10-16(25)22-15-8-7-12(18)9-14(15)17(19,20)21/h2-9H,10H2,1H3,(H,22,25). The Morgan fingerprint density at radius 1 is 1.12 bits per heavy atom. The van der Waals surface area contributed by atoms with E-state index in [9.17, 15) is 22.8 Å². The molecule has 8 heteroatoms. The van der Waals surface area contributed by atoms with E-state index in [1.54, 1.807) is 30.3 Å². The number of halogens is 4. The number of nitrogens with one attached hydrogen (secondary N) is 1. The van der Waals surface area contributed by atoms with Crippen molar-refractivity contribution in [2.24, 2.45) is 0 Å². The van der Waals surface area contributed by atoms with Crippen molar-refractivity contribution < 1.29 is 22.8 Å². The van der Waals surface area contributed by atoms with Gasteiger partial charge in [0.15, 0.2) is 0 Å². The normalized spacial score (nSPS) is 11.1. The Morgan fingerprint density at radius 3 is 2.32 bits per heavy atom. The van der Waals surface area contributed by atoms with E-state index in [0.717, 1.165) is 12.1 Å². The van der Waals surface area contributed by atoms with Crippen LogP contribution in [-0.2, 0) is 15.8 Å². The van der Waals surface area contributed by atoms with Gasteiger partial charge in [0.25, 0.3) is 0 Å². The van der Waals surface area contributed by atoms with Crippen molar-refractivity contribution in [3.63, 3.8) is 0 Å². The van der Waals surface area contributed by atoms with E-state index in [1.807, 2.05) is 0 Å². The van der Waals surface area contributed by atoms with Crippen molar-refractivity contribution in [3.05, 3.63) is 59.1 Å². The minimum absolute atomic E-state index is 0.0972. The monoisotopic (exact) mass is 370 g/mol. The number of para-hydroxylation sites is 1. The lowest BCUT2D eigenvalue weighted by atomic mass is 10.1. The van der Waals surface area contributed by atoms with Crippen LogP contribution >= 0.6 is 11.6 Å². The van der Waals surface area contributed by atoms with E-state index in [0.29, 0.717) is 5.69 Å². The molecule has 2 aromatic rings. The quantitative estimate of drug-likeness (QED) is 0.869. The minimum atomic E-state index is -4.67. The second kappa shape index (κ2) is 7.57. The molecule has 2 amide bonds. The SMILES string of the molecule is CC(=O)N(CC(=O)Nc1ccc(Cl)cc1C(F)(F)F)c1ccccc1. The van der Waals surface area contributed by atoms with Crippen LogP contribution in [0.25, 0.3) is 0 Å². The first-order chi connectivity index (χ1) is 11.7. The van der Waals surface area contributed by atoms with Crippen molar-refractivity contribution in [2.75, 3.05) is 16.8 Å². The Labute approximate surface area is 147 Å². The average molecular weight is 371 g/mol. The first kappa shape index (κ1) is 18.8. The van der Waals surface area contributed by atoms with E-state index in [4.69, 9.17) is 11.6 Å². The van der Waals surface area contributed by atoms with Crippen LogP contribution in [0, 0.1) is 0 Å². The second-order valence-electron chi connectivity index (χ2n) is 5.18. The highest BCUT2D eigenvalue weighted by Crippen LogP contribution is 2.36. The fourth-order valence-corrected chi connectivity index (χ4v) is 2.36. The molecule has 0 bridgehead atoms. The van der Waals surface area contributed by atoms with Crippen molar-refractivity contribution in [3.8, 4) is 0 Å². The second-order valence-corrected chi connectivity index (χ2v) is 5.61. The number of alkyl halides is 3. The van der Waals surface area contributed by atoms with Gasteiger partial charge in [0.05, 0.1) is 11.3 Å². The van der Waals surface area contributed by atoms with Crippen molar-refractivity contribution in [1.29, 1.82) is 0 Å². The molecule has 4 nitrogen and oxygen atoms in total. The summed E-state index contributed by atoms with van der Waals surface area (Å²) in [6, 6.07) is 11.4. The fourth-order valence-electron chi connectivity index (χ4n) is 2.19. The molecular formula is C17H14ClF3N2O2. The highest BCUT2D eigenvalue weighted by molar-refractivity contribution is 6.30. The van der Waals surface area contributed by atoms with Gasteiger partial charge in [-0.3, -0.25) is 9.59 Å². The maximum Gasteiger partial charge on any atom is 0.418 e. The minimum Gasteiger partial charge on any atom is -0.324 e. The summed E-state index contributed by atoms with van der Waals surface area (Å²) in [4.78, 5) is 25.1. The van der Waals surface area contributed by atoms with Crippen LogP contribution in [0.5, 0.6) is 0 Å². The number of carbonyl (C=O) groups is 2. The summed E-state index contributed by atoms with van der Waals surface area (Å²) in [6.07, 6.45) is -4.67. The smallest absolute Gasteiger partial charge is 0.324 e. The highest BCUT2D eigenvalue weighted by atomic mass is 35.5. The number of rotatable bonds is 4. The van der Waals surface area contributed by atoms with E-state index in [1.165, 1.54) is 17.9 Å². The van der Waals surface area contributed by atoms with Crippen LogP contribution in [0.15, 0.2) is 48.5 Å². The molecule has 0 fully saturated rings. The number of benzene rings is 2. The van der Waals surface area contributed by atoms with Gasteiger partial charge in [0, 0.05) is 17.6 Å². The van der Waals surface area contributed by atoms with Gasteiger partial charge in [-0.25, -0.2) is 0 Å². The zero-order valence-electron chi connectivity index (χ0n) is 13.1. The molecule has 0 atom stereocenters. The van der Waals surface area contributed by atoms with Gasteiger partial charge in [0.2, 0.25) is 11.8 Å². The molecule has 132 valence electrons. The average Bonchev–Trinajstić information content (AvgIpc) is 2.54. The largest absolute Gasteiger partial charge is 0.418 e. The number of anilines is 2. The van der Waals surface area contributed by atoms with Gasteiger partial charge in [-0.1, -0.05) is 29.8 Å². The summed E-state index contributed by atoms with van der Waals surface area (Å²) in [5.74, 6) is -1.17. The first-order valence-corrected chi connectivity index (χ1v) is 7.56. The molecule has 0 aromatic heterocycles.